The van der Waals surface area contributed by atoms with Crippen molar-refractivity contribution in [3.05, 3.63) is 96.8 Å². The average molecular weight is 433 g/mol. The van der Waals surface area contributed by atoms with Crippen LogP contribution in [0.5, 0.6) is 11.5 Å². The number of nitrogens with one attached hydrogen (secondary N) is 1. The van der Waals surface area contributed by atoms with E-state index < -0.39 is 0 Å². The second-order valence-electron chi connectivity index (χ2n) is 6.51. The largest absolute Gasteiger partial charge is 0.493 e. The Morgan fingerprint density at radius 1 is 1.16 bits per heavy atom. The number of carbonyl (C=O) groups is 1. The molecular weight excluding hydrogens is 408 g/mol. The number of methoxy groups -OCH3 is 1. The Balaban J connectivity index is 1.54. The summed E-state index contributed by atoms with van der Waals surface area (Å²) in [6.45, 7) is 4.03. The predicted molar refractivity (Wildman–Crippen MR) is 127 cm³/mol. The van der Waals surface area contributed by atoms with Crippen LogP contribution in [0.25, 0.3) is 6.08 Å². The van der Waals surface area contributed by atoms with Crippen LogP contribution in [0.2, 0.25) is 0 Å². The monoisotopic (exact) mass is 432 g/mol. The smallest absolute Gasteiger partial charge is 0.248 e. The van der Waals surface area contributed by atoms with Gasteiger partial charge in [-0.2, -0.15) is 0 Å². The van der Waals surface area contributed by atoms with Crippen molar-refractivity contribution in [2.24, 2.45) is 0 Å². The number of ether oxygens (including phenoxy) is 2. The van der Waals surface area contributed by atoms with Gasteiger partial charge in [-0.05, 0) is 59.7 Å². The van der Waals surface area contributed by atoms with E-state index in [0.29, 0.717) is 18.1 Å². The first-order valence-electron chi connectivity index (χ1n) is 9.70. The van der Waals surface area contributed by atoms with Gasteiger partial charge in [0, 0.05) is 34.8 Å². The van der Waals surface area contributed by atoms with Crippen molar-refractivity contribution in [1.29, 1.82) is 0 Å². The number of aromatic nitrogens is 1. The number of amides is 1. The molecule has 0 aliphatic heterocycles. The Hall–Kier alpha value is -3.51. The third-order valence-electron chi connectivity index (χ3n) is 4.22. The number of hydrogen-bond donors (Lipinski definition) is 1. The minimum absolute atomic E-state index is 0.207. The van der Waals surface area contributed by atoms with Gasteiger partial charge in [0.25, 0.3) is 0 Å². The van der Waals surface area contributed by atoms with Crippen molar-refractivity contribution in [2.45, 2.75) is 10.6 Å². The maximum Gasteiger partial charge on any atom is 0.248 e. The first-order valence-corrected chi connectivity index (χ1v) is 10.7. The highest BCUT2D eigenvalue weighted by Gasteiger charge is 2.05. The second kappa shape index (κ2) is 11.6. The summed E-state index contributed by atoms with van der Waals surface area (Å²) in [5, 5.41) is 2.87. The molecule has 0 saturated heterocycles. The van der Waals surface area contributed by atoms with Crippen molar-refractivity contribution in [1.82, 2.24) is 4.98 Å². The summed E-state index contributed by atoms with van der Waals surface area (Å²) in [7, 11) is 1.58. The highest BCUT2D eigenvalue weighted by atomic mass is 32.2. The number of benzene rings is 2. The molecule has 0 aliphatic carbocycles. The van der Waals surface area contributed by atoms with Gasteiger partial charge in [0.15, 0.2) is 11.5 Å². The Morgan fingerprint density at radius 2 is 2.00 bits per heavy atom. The molecule has 2 aromatic carbocycles. The zero-order chi connectivity index (χ0) is 21.9. The maximum absolute atomic E-state index is 12.3. The normalized spacial score (nSPS) is 10.6. The lowest BCUT2D eigenvalue weighted by Crippen LogP contribution is -2.07. The summed E-state index contributed by atoms with van der Waals surface area (Å²) in [5.74, 6) is 1.87. The first-order chi connectivity index (χ1) is 15.2. The molecule has 6 heteroatoms. The van der Waals surface area contributed by atoms with Crippen molar-refractivity contribution < 1.29 is 14.3 Å². The third kappa shape index (κ3) is 7.04. The van der Waals surface area contributed by atoms with Gasteiger partial charge in [-0.15, -0.1) is 11.8 Å². The Kier molecular flexibility index (Phi) is 8.31. The molecule has 0 bridgehead atoms. The van der Waals surface area contributed by atoms with E-state index in [1.54, 1.807) is 37.2 Å². The van der Waals surface area contributed by atoms with E-state index in [0.717, 1.165) is 21.9 Å². The molecular formula is C25H24N2O3S. The predicted octanol–water partition coefficient (Wildman–Crippen LogP) is 5.60. The molecule has 1 N–H and O–H groups in total. The van der Waals surface area contributed by atoms with Gasteiger partial charge < -0.3 is 14.8 Å². The summed E-state index contributed by atoms with van der Waals surface area (Å²) in [6, 6.07) is 17.2. The Bertz CT molecular complexity index is 1030. The van der Waals surface area contributed by atoms with Crippen molar-refractivity contribution in [2.75, 3.05) is 19.0 Å². The summed E-state index contributed by atoms with van der Waals surface area (Å²) in [5.41, 5.74) is 2.75. The summed E-state index contributed by atoms with van der Waals surface area (Å²) >= 11 is 1.72. The molecule has 3 rings (SSSR count). The minimum Gasteiger partial charge on any atom is -0.493 e. The number of hydrogen-bond acceptors (Lipinski definition) is 5. The zero-order valence-corrected chi connectivity index (χ0v) is 18.1. The highest BCUT2D eigenvalue weighted by molar-refractivity contribution is 7.98. The van der Waals surface area contributed by atoms with Crippen LogP contribution in [0, 0.1) is 0 Å². The number of pyridine rings is 1. The number of nitrogens with zero attached hydrogens (tertiary/aromatic N) is 1. The van der Waals surface area contributed by atoms with Gasteiger partial charge in [0.05, 0.1) is 7.11 Å². The van der Waals surface area contributed by atoms with Crippen LogP contribution in [0.1, 0.15) is 11.1 Å². The maximum atomic E-state index is 12.3. The van der Waals surface area contributed by atoms with E-state index in [1.807, 2.05) is 54.7 Å². The lowest BCUT2D eigenvalue weighted by molar-refractivity contribution is -0.111. The van der Waals surface area contributed by atoms with Crippen LogP contribution in [0.4, 0.5) is 5.69 Å². The van der Waals surface area contributed by atoms with Crippen LogP contribution in [-0.4, -0.2) is 24.6 Å². The van der Waals surface area contributed by atoms with Crippen LogP contribution in [0.15, 0.2) is 90.6 Å². The molecule has 0 radical (unpaired) electrons. The van der Waals surface area contributed by atoms with E-state index in [-0.39, 0.29) is 5.91 Å². The van der Waals surface area contributed by atoms with Gasteiger partial charge in [0.2, 0.25) is 5.91 Å². The first kappa shape index (κ1) is 22.2. The van der Waals surface area contributed by atoms with Gasteiger partial charge in [-0.3, -0.25) is 9.78 Å². The number of anilines is 1. The van der Waals surface area contributed by atoms with E-state index in [4.69, 9.17) is 9.47 Å². The van der Waals surface area contributed by atoms with Crippen LogP contribution < -0.4 is 14.8 Å². The molecule has 31 heavy (non-hydrogen) atoms. The van der Waals surface area contributed by atoms with Gasteiger partial charge in [-0.1, -0.05) is 24.8 Å². The molecule has 0 unspecified atom stereocenters. The topological polar surface area (TPSA) is 60.5 Å². The molecule has 1 heterocycles. The Labute approximate surface area is 186 Å². The standard InChI is InChI=1S/C25H24N2O3S/c1-3-15-30-23-12-6-19(16-24(23)29-2)7-13-25(28)27-21-8-10-22(11-9-21)31-18-20-5-4-14-26-17-20/h3-14,16-17H,1,15,18H2,2H3,(H,27,28)/b13-7+. The third-order valence-corrected chi connectivity index (χ3v) is 5.30. The highest BCUT2D eigenvalue weighted by Crippen LogP contribution is 2.28. The van der Waals surface area contributed by atoms with E-state index >= 15 is 0 Å². The van der Waals surface area contributed by atoms with E-state index in [9.17, 15) is 4.79 Å². The molecule has 5 nitrogen and oxygen atoms in total. The minimum atomic E-state index is -0.207. The van der Waals surface area contributed by atoms with Gasteiger partial charge in [-0.25, -0.2) is 0 Å². The number of carbonyl (C=O) groups excluding carboxylic acids is 1. The van der Waals surface area contributed by atoms with E-state index in [1.165, 1.54) is 11.6 Å². The zero-order valence-electron chi connectivity index (χ0n) is 17.3. The van der Waals surface area contributed by atoms with Crippen LogP contribution in [-0.2, 0) is 10.5 Å². The second-order valence-corrected chi connectivity index (χ2v) is 7.56. The lowest BCUT2D eigenvalue weighted by Gasteiger charge is -2.09. The average Bonchev–Trinajstić information content (AvgIpc) is 2.82. The van der Waals surface area contributed by atoms with Crippen molar-refractivity contribution in [3.8, 4) is 11.5 Å². The SMILES string of the molecule is C=CCOc1ccc(/C=C/C(=O)Nc2ccc(SCc3cccnc3)cc2)cc1OC. The summed E-state index contributed by atoms with van der Waals surface area (Å²) in [4.78, 5) is 17.5. The molecule has 0 fully saturated rings. The number of thioether (sulfide) groups is 1. The van der Waals surface area contributed by atoms with Gasteiger partial charge >= 0.3 is 0 Å². The lowest BCUT2D eigenvalue weighted by atomic mass is 10.2. The summed E-state index contributed by atoms with van der Waals surface area (Å²) < 4.78 is 10.9. The van der Waals surface area contributed by atoms with Crippen molar-refractivity contribution in [3.63, 3.8) is 0 Å². The van der Waals surface area contributed by atoms with Crippen LogP contribution in [0.3, 0.4) is 0 Å². The van der Waals surface area contributed by atoms with E-state index in [2.05, 4.69) is 22.9 Å². The molecule has 3 aromatic rings. The molecule has 0 aliphatic rings. The fourth-order valence-corrected chi connectivity index (χ4v) is 3.53. The molecule has 0 atom stereocenters. The molecule has 158 valence electrons. The fraction of sp³-hybridized carbons (Fsp3) is 0.120. The fourth-order valence-electron chi connectivity index (χ4n) is 2.70. The summed E-state index contributed by atoms with van der Waals surface area (Å²) in [6.07, 6.45) is 8.52. The molecule has 1 amide bonds. The quantitative estimate of drug-likeness (QED) is 0.257. The molecule has 0 saturated carbocycles. The molecule has 0 spiro atoms. The Morgan fingerprint density at radius 3 is 2.71 bits per heavy atom. The van der Waals surface area contributed by atoms with Crippen LogP contribution >= 0.6 is 11.8 Å². The number of rotatable bonds is 10. The van der Waals surface area contributed by atoms with Crippen molar-refractivity contribution >= 4 is 29.4 Å². The molecule has 1 aromatic heterocycles. The van der Waals surface area contributed by atoms with Gasteiger partial charge in [0.1, 0.15) is 6.61 Å².